The lowest BCUT2D eigenvalue weighted by atomic mass is 10.3. The van der Waals surface area contributed by atoms with Gasteiger partial charge in [-0.1, -0.05) is 50.2 Å². The molecule has 13 N–H and O–H groups in total. The Kier molecular flexibility index (Phi) is 84.6. The maximum atomic E-state index is 10.0. The number of nitro benzene ring substituents is 1. The minimum atomic E-state index is -0.417. The lowest BCUT2D eigenvalue weighted by Crippen LogP contribution is -1.85. The summed E-state index contributed by atoms with van der Waals surface area (Å²) in [7, 11) is 1.00. The fourth-order valence-corrected chi connectivity index (χ4v) is 1.00. The summed E-state index contributed by atoms with van der Waals surface area (Å²) < 4.78 is 0. The van der Waals surface area contributed by atoms with Gasteiger partial charge in [-0.25, -0.2) is 0 Å². The Hall–Kier alpha value is -2.97. The van der Waals surface area contributed by atoms with Gasteiger partial charge in [0.15, 0.2) is 0 Å². The molecule has 0 bridgehead atoms. The highest BCUT2D eigenvalue weighted by atomic mass is 16.6. The normalized spacial score (nSPS) is 6.20. The van der Waals surface area contributed by atoms with Crippen LogP contribution in [-0.4, -0.2) is 69.3 Å². The molecule has 0 unspecified atom stereocenters. The van der Waals surface area contributed by atoms with Gasteiger partial charge in [0, 0.05) is 24.9 Å². The van der Waals surface area contributed by atoms with Gasteiger partial charge in [-0.05, 0) is 12.1 Å². The highest BCUT2D eigenvalue weighted by Gasteiger charge is 1.98. The summed E-state index contributed by atoms with van der Waals surface area (Å²) in [6.07, 6.45) is 0. The molecule has 30 heavy (non-hydrogen) atoms. The van der Waals surface area contributed by atoms with Crippen molar-refractivity contribution in [3.8, 4) is 0 Å². The summed E-state index contributed by atoms with van der Waals surface area (Å²) in [4.78, 5) is 17.6. The Balaban J connectivity index is -0.0000000350. The summed E-state index contributed by atoms with van der Waals surface area (Å²) >= 11 is 0. The number of anilines is 1. The molecule has 0 radical (unpaired) electrons. The maximum Gasteiger partial charge on any atom is 0.269 e. The van der Waals surface area contributed by atoms with Crippen LogP contribution in [0.15, 0.2) is 60.7 Å². The fourth-order valence-electron chi connectivity index (χ4n) is 1.00. The first-order valence-electron chi connectivity index (χ1n) is 7.57. The summed E-state index contributed by atoms with van der Waals surface area (Å²) in [5.74, 6) is 0. The van der Waals surface area contributed by atoms with Gasteiger partial charge in [0.05, 0.1) is 18.1 Å². The monoisotopic (exact) mass is 442 g/mol. The van der Waals surface area contributed by atoms with Gasteiger partial charge in [-0.2, -0.15) is 0 Å². The first-order valence-corrected chi connectivity index (χ1v) is 7.57. The zero-order valence-electron chi connectivity index (χ0n) is 17.5. The highest BCUT2D eigenvalue weighted by molar-refractivity contribution is 5.35. The van der Waals surface area contributed by atoms with E-state index in [1.54, 1.807) is 18.2 Å². The Bertz CT molecular complexity index is 489. The Morgan fingerprint density at radius 2 is 1.07 bits per heavy atom. The van der Waals surface area contributed by atoms with Crippen molar-refractivity contribution >= 4 is 18.2 Å². The van der Waals surface area contributed by atoms with Crippen molar-refractivity contribution in [2.45, 2.75) is 13.8 Å². The molecule has 0 fully saturated rings. The van der Waals surface area contributed by atoms with E-state index in [0.717, 1.165) is 12.8 Å². The van der Waals surface area contributed by atoms with Crippen LogP contribution < -0.4 is 5.73 Å². The van der Waals surface area contributed by atoms with Crippen molar-refractivity contribution in [3.05, 3.63) is 70.8 Å². The van der Waals surface area contributed by atoms with Gasteiger partial charge in [-0.3, -0.25) is 10.1 Å². The number of nitrogen functional groups attached to an aromatic ring is 1. The number of carbonyl (C=O) groups excluding carboxylic acids is 1. The van der Waals surface area contributed by atoms with Crippen molar-refractivity contribution in [3.63, 3.8) is 0 Å². The molecule has 0 spiro atoms. The van der Waals surface area contributed by atoms with Gasteiger partial charge < -0.3 is 47.8 Å². The number of nitro groups is 1. The van der Waals surface area contributed by atoms with E-state index in [4.69, 9.17) is 25.8 Å². The number of para-hydroxylation sites is 2. The fraction of sp³-hybridized carbons (Fsp3) is 0.278. The Morgan fingerprint density at radius 3 is 1.20 bits per heavy atom. The number of benzene rings is 2. The molecule has 2 aromatic rings. The first kappa shape index (κ1) is 50.6. The molecular formula is C18H38N2O10. The van der Waals surface area contributed by atoms with Crippen LogP contribution in [0.2, 0.25) is 0 Å². The molecule has 12 nitrogen and oxygen atoms in total. The quantitative estimate of drug-likeness (QED) is 0.255. The number of rotatable bonds is 2. The van der Waals surface area contributed by atoms with Gasteiger partial charge in [0.25, 0.3) is 5.69 Å². The number of non-ortho nitro benzene ring substituents is 1. The number of carbonyl (C=O) groups is 1. The van der Waals surface area contributed by atoms with Crippen LogP contribution in [-0.2, 0) is 4.79 Å². The largest absolute Gasteiger partial charge is 0.412 e. The second-order valence-electron chi connectivity index (χ2n) is 3.45. The van der Waals surface area contributed by atoms with Gasteiger partial charge >= 0.3 is 0 Å². The van der Waals surface area contributed by atoms with E-state index >= 15 is 0 Å². The molecule has 0 saturated heterocycles. The molecule has 2 aromatic carbocycles. The van der Waals surface area contributed by atoms with E-state index in [2.05, 4.69) is 0 Å². The minimum absolute atomic E-state index is 0. The SMILES string of the molecule is C=O.CC.CO.Nc1ccccc1.O.O.O.O.O=[N+]([O-])c1ccccc1.OCCO. The van der Waals surface area contributed by atoms with Crippen molar-refractivity contribution in [1.82, 2.24) is 0 Å². The average molecular weight is 443 g/mol. The second-order valence-corrected chi connectivity index (χ2v) is 3.45. The van der Waals surface area contributed by atoms with Gasteiger partial charge in [0.1, 0.15) is 6.79 Å². The van der Waals surface area contributed by atoms with E-state index in [1.807, 2.05) is 51.0 Å². The minimum Gasteiger partial charge on any atom is -0.412 e. The number of aliphatic hydroxyl groups excluding tert-OH is 3. The smallest absolute Gasteiger partial charge is 0.269 e. The van der Waals surface area contributed by atoms with E-state index in [0.29, 0.717) is 0 Å². The molecule has 0 aliphatic rings. The van der Waals surface area contributed by atoms with Crippen LogP contribution in [0.3, 0.4) is 0 Å². The first-order chi connectivity index (χ1) is 12.6. The van der Waals surface area contributed by atoms with E-state index in [9.17, 15) is 10.1 Å². The second kappa shape index (κ2) is 50.2. The summed E-state index contributed by atoms with van der Waals surface area (Å²) in [6, 6.07) is 17.4. The molecule has 0 aliphatic carbocycles. The molecule has 0 aliphatic heterocycles. The van der Waals surface area contributed by atoms with Crippen LogP contribution in [0.1, 0.15) is 13.8 Å². The van der Waals surface area contributed by atoms with Crippen LogP contribution >= 0.6 is 0 Å². The predicted octanol–water partition coefficient (Wildman–Crippen LogP) is -1.01. The van der Waals surface area contributed by atoms with Crippen molar-refractivity contribution in [2.75, 3.05) is 26.1 Å². The molecule has 0 amide bonds. The van der Waals surface area contributed by atoms with Crippen LogP contribution in [0.4, 0.5) is 11.4 Å². The maximum absolute atomic E-state index is 10.0. The summed E-state index contributed by atoms with van der Waals surface area (Å²) in [6.45, 7) is 5.75. The van der Waals surface area contributed by atoms with E-state index < -0.39 is 4.92 Å². The highest BCUT2D eigenvalue weighted by Crippen LogP contribution is 2.06. The number of nitrogens with two attached hydrogens (primary N) is 1. The number of nitrogens with zero attached hydrogens (tertiary/aromatic N) is 1. The van der Waals surface area contributed by atoms with Crippen molar-refractivity contribution in [2.24, 2.45) is 0 Å². The molecule has 0 heterocycles. The molecule has 0 aromatic heterocycles. The zero-order chi connectivity index (χ0) is 21.2. The molecule has 0 saturated carbocycles. The van der Waals surface area contributed by atoms with Gasteiger partial charge in [0.2, 0.25) is 0 Å². The molecule has 12 heteroatoms. The summed E-state index contributed by atoms with van der Waals surface area (Å²) in [5, 5.41) is 32.3. The summed E-state index contributed by atoms with van der Waals surface area (Å²) in [5.41, 5.74) is 6.32. The number of hydrogen-bond donors (Lipinski definition) is 4. The average Bonchev–Trinajstić information content (AvgIpc) is 2.74. The Labute approximate surface area is 176 Å². The standard InChI is InChI=1S/C6H5NO2.C6H7N.C2H6O2.C2H6.CH4O.CH2O.4H2O/c8-7(9)6-4-2-1-3-5-6;7-6-4-2-1-3-5-6;3-1-2-4;3*1-2;;;;/h1-5H;1-5H,7H2;3-4H,1-2H2;1-2H3;2H,1H3;1H2;4*1H2. The van der Waals surface area contributed by atoms with Crippen LogP contribution in [0, 0.1) is 10.1 Å². The van der Waals surface area contributed by atoms with E-state index in [-0.39, 0.29) is 40.8 Å². The third kappa shape index (κ3) is 44.5. The van der Waals surface area contributed by atoms with Crippen LogP contribution in [0.25, 0.3) is 0 Å². The number of hydrogen-bond acceptors (Lipinski definition) is 7. The van der Waals surface area contributed by atoms with E-state index in [1.165, 1.54) is 12.1 Å². The molecular weight excluding hydrogens is 404 g/mol. The third-order valence-corrected chi connectivity index (χ3v) is 1.87. The topological polar surface area (TPSA) is 273 Å². The van der Waals surface area contributed by atoms with Crippen molar-refractivity contribution < 1.29 is 46.9 Å². The zero-order valence-corrected chi connectivity index (χ0v) is 17.5. The van der Waals surface area contributed by atoms with Gasteiger partial charge in [-0.15, -0.1) is 0 Å². The predicted molar refractivity (Wildman–Crippen MR) is 119 cm³/mol. The van der Waals surface area contributed by atoms with Crippen molar-refractivity contribution in [1.29, 1.82) is 0 Å². The number of aliphatic hydroxyl groups is 3. The molecule has 180 valence electrons. The lowest BCUT2D eigenvalue weighted by Gasteiger charge is -1.85. The third-order valence-electron chi connectivity index (χ3n) is 1.87. The molecule has 2 rings (SSSR count). The lowest BCUT2D eigenvalue weighted by molar-refractivity contribution is -0.384. The molecule has 0 atom stereocenters. The Morgan fingerprint density at radius 1 is 0.800 bits per heavy atom. The van der Waals surface area contributed by atoms with Crippen LogP contribution in [0.5, 0.6) is 0 Å².